The maximum atomic E-state index is 9.51. The molecule has 1 atom stereocenters. The number of thioether (sulfide) groups is 1. The summed E-state index contributed by atoms with van der Waals surface area (Å²) in [5.74, 6) is 2.34. The number of aliphatic hydroxyl groups excluding tert-OH is 1. The molecule has 1 aromatic rings. The van der Waals surface area contributed by atoms with Gasteiger partial charge in [0.25, 0.3) is 0 Å². The van der Waals surface area contributed by atoms with Crippen LogP contribution in [0.15, 0.2) is 0 Å². The highest BCUT2D eigenvalue weighted by Gasteiger charge is 2.27. The van der Waals surface area contributed by atoms with Gasteiger partial charge in [-0.3, -0.25) is 0 Å². The molecule has 2 rings (SSSR count). The van der Waals surface area contributed by atoms with Gasteiger partial charge in [0.05, 0.1) is 17.2 Å². The number of hydrogen-bond acceptors (Lipinski definition) is 5. The Hall–Kier alpha value is -0.260. The van der Waals surface area contributed by atoms with Crippen LogP contribution < -0.4 is 4.90 Å². The molecule has 1 aromatic heterocycles. The third-order valence-electron chi connectivity index (χ3n) is 3.15. The van der Waals surface area contributed by atoms with Crippen LogP contribution in [0.1, 0.15) is 38.3 Å². The number of rotatable bonds is 2. The number of aromatic nitrogens is 1. The molecular formula is C13H22N2OS2. The minimum absolute atomic E-state index is 0.000584. The zero-order valence-corrected chi connectivity index (χ0v) is 13.2. The van der Waals surface area contributed by atoms with Gasteiger partial charge in [0, 0.05) is 29.5 Å². The molecule has 0 bridgehead atoms. The fourth-order valence-electron chi connectivity index (χ4n) is 2.17. The van der Waals surface area contributed by atoms with E-state index in [0.29, 0.717) is 6.04 Å². The van der Waals surface area contributed by atoms with Crippen molar-refractivity contribution in [3.05, 3.63) is 10.6 Å². The molecule has 1 fully saturated rings. The molecule has 0 aliphatic carbocycles. The Labute approximate surface area is 118 Å². The molecule has 18 heavy (non-hydrogen) atoms. The molecule has 0 spiro atoms. The molecule has 0 amide bonds. The van der Waals surface area contributed by atoms with Crippen molar-refractivity contribution in [2.75, 3.05) is 23.0 Å². The van der Waals surface area contributed by atoms with Crippen LogP contribution >= 0.6 is 23.1 Å². The van der Waals surface area contributed by atoms with E-state index in [0.717, 1.165) is 22.2 Å². The van der Waals surface area contributed by atoms with Gasteiger partial charge in [-0.05, 0) is 6.92 Å². The second kappa shape index (κ2) is 5.39. The van der Waals surface area contributed by atoms with E-state index in [2.05, 4.69) is 32.6 Å². The van der Waals surface area contributed by atoms with E-state index in [9.17, 15) is 5.11 Å². The Kier molecular flexibility index (Phi) is 4.24. The predicted octanol–water partition coefficient (Wildman–Crippen LogP) is 2.87. The van der Waals surface area contributed by atoms with E-state index >= 15 is 0 Å². The first-order chi connectivity index (χ1) is 8.43. The maximum Gasteiger partial charge on any atom is 0.186 e. The average molecular weight is 286 g/mol. The molecular weight excluding hydrogens is 264 g/mol. The van der Waals surface area contributed by atoms with Crippen molar-refractivity contribution in [1.29, 1.82) is 0 Å². The van der Waals surface area contributed by atoms with Crippen LogP contribution in [0.3, 0.4) is 0 Å². The van der Waals surface area contributed by atoms with E-state index in [4.69, 9.17) is 4.98 Å². The Morgan fingerprint density at radius 3 is 2.67 bits per heavy atom. The third kappa shape index (κ3) is 2.83. The number of anilines is 1. The van der Waals surface area contributed by atoms with E-state index in [1.807, 2.05) is 11.8 Å². The topological polar surface area (TPSA) is 36.4 Å². The summed E-state index contributed by atoms with van der Waals surface area (Å²) in [6.07, 6.45) is 0. The molecule has 1 unspecified atom stereocenters. The molecule has 3 nitrogen and oxygen atoms in total. The van der Waals surface area contributed by atoms with Gasteiger partial charge in [-0.15, -0.1) is 0 Å². The second-order valence-electron chi connectivity index (χ2n) is 5.79. The van der Waals surface area contributed by atoms with Crippen LogP contribution in [0, 0.1) is 0 Å². The van der Waals surface area contributed by atoms with Crippen molar-refractivity contribution >= 4 is 28.2 Å². The van der Waals surface area contributed by atoms with Gasteiger partial charge >= 0.3 is 0 Å². The molecule has 0 saturated carbocycles. The Bertz CT molecular complexity index is 412. The van der Waals surface area contributed by atoms with Crippen LogP contribution in [-0.2, 0) is 12.0 Å². The first-order valence-corrected chi connectivity index (χ1v) is 8.36. The summed E-state index contributed by atoms with van der Waals surface area (Å²) in [5, 5.41) is 10.6. The fraction of sp³-hybridized carbons (Fsp3) is 0.769. The van der Waals surface area contributed by atoms with Gasteiger partial charge in [-0.2, -0.15) is 11.8 Å². The summed E-state index contributed by atoms with van der Waals surface area (Å²) < 4.78 is 0. The highest BCUT2D eigenvalue weighted by Crippen LogP contribution is 2.35. The van der Waals surface area contributed by atoms with Crippen molar-refractivity contribution in [1.82, 2.24) is 4.98 Å². The Morgan fingerprint density at radius 1 is 1.44 bits per heavy atom. The quantitative estimate of drug-likeness (QED) is 0.907. The minimum Gasteiger partial charge on any atom is -0.391 e. The van der Waals surface area contributed by atoms with Crippen molar-refractivity contribution in [2.24, 2.45) is 0 Å². The van der Waals surface area contributed by atoms with Gasteiger partial charge in [-0.25, -0.2) is 4.98 Å². The molecule has 102 valence electrons. The second-order valence-corrected chi connectivity index (χ2v) is 8.01. The number of thiazole rings is 1. The van der Waals surface area contributed by atoms with E-state index < -0.39 is 0 Å². The summed E-state index contributed by atoms with van der Waals surface area (Å²) in [6.45, 7) is 9.87. The zero-order valence-electron chi connectivity index (χ0n) is 11.6. The van der Waals surface area contributed by atoms with Crippen LogP contribution in [0.5, 0.6) is 0 Å². The summed E-state index contributed by atoms with van der Waals surface area (Å²) >= 11 is 3.66. The monoisotopic (exact) mass is 286 g/mol. The SMILES string of the molecule is CC1CSCCN1c1nc(C(C)(C)C)c(CO)s1. The van der Waals surface area contributed by atoms with Crippen LogP contribution in [0.2, 0.25) is 0 Å². The molecule has 1 N–H and O–H groups in total. The highest BCUT2D eigenvalue weighted by molar-refractivity contribution is 7.99. The summed E-state index contributed by atoms with van der Waals surface area (Å²) in [4.78, 5) is 8.20. The first kappa shape index (κ1) is 14.2. The average Bonchev–Trinajstić information content (AvgIpc) is 2.73. The molecule has 1 aliphatic heterocycles. The molecule has 5 heteroatoms. The molecule has 2 heterocycles. The fourth-order valence-corrected chi connectivity index (χ4v) is 4.44. The lowest BCUT2D eigenvalue weighted by atomic mass is 9.91. The maximum absolute atomic E-state index is 9.51. The van der Waals surface area contributed by atoms with Crippen LogP contribution in [0.4, 0.5) is 5.13 Å². The van der Waals surface area contributed by atoms with E-state index in [1.165, 1.54) is 11.5 Å². The molecule has 1 aliphatic rings. The van der Waals surface area contributed by atoms with Crippen LogP contribution in [0.25, 0.3) is 0 Å². The Balaban J connectivity index is 2.31. The lowest BCUT2D eigenvalue weighted by molar-refractivity contribution is 0.282. The standard InChI is InChI=1S/C13H22N2OS2/c1-9-8-17-6-5-15(9)12-14-11(13(2,3)4)10(7-16)18-12/h9,16H,5-8H2,1-4H3. The summed E-state index contributed by atoms with van der Waals surface area (Å²) in [5.41, 5.74) is 1.05. The third-order valence-corrected chi connectivity index (χ3v) is 5.42. The van der Waals surface area contributed by atoms with Crippen molar-refractivity contribution < 1.29 is 5.11 Å². The first-order valence-electron chi connectivity index (χ1n) is 6.39. The molecule has 0 aromatic carbocycles. The molecule has 1 saturated heterocycles. The van der Waals surface area contributed by atoms with Gasteiger partial charge in [0.15, 0.2) is 5.13 Å². The van der Waals surface area contributed by atoms with Gasteiger partial charge < -0.3 is 10.0 Å². The smallest absolute Gasteiger partial charge is 0.186 e. The van der Waals surface area contributed by atoms with Crippen molar-refractivity contribution in [3.63, 3.8) is 0 Å². The van der Waals surface area contributed by atoms with E-state index in [-0.39, 0.29) is 12.0 Å². The van der Waals surface area contributed by atoms with Crippen molar-refractivity contribution in [3.8, 4) is 0 Å². The number of aliphatic hydroxyl groups is 1. The minimum atomic E-state index is 0.000584. The van der Waals surface area contributed by atoms with Crippen LogP contribution in [-0.4, -0.2) is 34.2 Å². The lowest BCUT2D eigenvalue weighted by Gasteiger charge is -2.32. The zero-order chi connectivity index (χ0) is 13.3. The number of nitrogens with zero attached hydrogens (tertiary/aromatic N) is 2. The Morgan fingerprint density at radius 2 is 2.17 bits per heavy atom. The molecule has 0 radical (unpaired) electrons. The summed E-state index contributed by atoms with van der Waals surface area (Å²) in [7, 11) is 0. The predicted molar refractivity (Wildman–Crippen MR) is 80.9 cm³/mol. The lowest BCUT2D eigenvalue weighted by Crippen LogP contribution is -2.40. The van der Waals surface area contributed by atoms with Gasteiger partial charge in [-0.1, -0.05) is 32.1 Å². The van der Waals surface area contributed by atoms with Crippen molar-refractivity contribution in [2.45, 2.75) is 45.8 Å². The number of hydrogen-bond donors (Lipinski definition) is 1. The highest BCUT2D eigenvalue weighted by atomic mass is 32.2. The van der Waals surface area contributed by atoms with Gasteiger partial charge in [0.1, 0.15) is 0 Å². The largest absolute Gasteiger partial charge is 0.391 e. The summed E-state index contributed by atoms with van der Waals surface area (Å²) in [6, 6.07) is 0.536. The normalized spacial score (nSPS) is 21.4. The van der Waals surface area contributed by atoms with Gasteiger partial charge in [0.2, 0.25) is 0 Å². The van der Waals surface area contributed by atoms with E-state index in [1.54, 1.807) is 11.3 Å².